The van der Waals surface area contributed by atoms with E-state index in [4.69, 9.17) is 0 Å². The van der Waals surface area contributed by atoms with Gasteiger partial charge in [-0.2, -0.15) is 0 Å². The van der Waals surface area contributed by atoms with E-state index in [0.717, 1.165) is 6.42 Å². The predicted octanol–water partition coefficient (Wildman–Crippen LogP) is 11.6. The van der Waals surface area contributed by atoms with Crippen molar-refractivity contribution in [2.75, 3.05) is 0 Å². The van der Waals surface area contributed by atoms with Crippen LogP contribution < -0.4 is 0 Å². The fraction of sp³-hybridized carbons (Fsp3) is 0.0500. The molecular formula is C40H27I. The highest BCUT2D eigenvalue weighted by Gasteiger charge is 2.18. The van der Waals surface area contributed by atoms with Crippen LogP contribution in [0.1, 0.15) is 17.5 Å². The Balaban J connectivity index is 1.19. The van der Waals surface area contributed by atoms with Crippen molar-refractivity contribution < 1.29 is 0 Å². The average molecular weight is 635 g/mol. The molecule has 1 heteroatoms. The molecule has 0 radical (unpaired) electrons. The molecule has 1 aliphatic carbocycles. The molecule has 41 heavy (non-hydrogen) atoms. The molecule has 0 saturated carbocycles. The van der Waals surface area contributed by atoms with E-state index >= 15 is 0 Å². The van der Waals surface area contributed by atoms with Gasteiger partial charge in [-0.05, 0) is 107 Å². The van der Waals surface area contributed by atoms with Crippen molar-refractivity contribution in [3.63, 3.8) is 0 Å². The molecule has 0 fully saturated rings. The van der Waals surface area contributed by atoms with E-state index in [1.165, 1.54) is 76.5 Å². The number of alkyl halides is 1. The topological polar surface area (TPSA) is 0 Å². The lowest BCUT2D eigenvalue weighted by Crippen LogP contribution is -2.03. The van der Waals surface area contributed by atoms with Crippen LogP contribution in [0.2, 0.25) is 0 Å². The van der Waals surface area contributed by atoms with Gasteiger partial charge >= 0.3 is 0 Å². The van der Waals surface area contributed by atoms with E-state index in [-0.39, 0.29) is 0 Å². The molecule has 0 aromatic heterocycles. The van der Waals surface area contributed by atoms with Gasteiger partial charge in [0, 0.05) is 3.92 Å². The summed E-state index contributed by atoms with van der Waals surface area (Å²) in [5, 5.41) is 10.4. The first kappa shape index (κ1) is 24.6. The molecule has 7 aromatic carbocycles. The van der Waals surface area contributed by atoms with Crippen molar-refractivity contribution >= 4 is 76.8 Å². The van der Waals surface area contributed by atoms with E-state index in [2.05, 4.69) is 168 Å². The van der Waals surface area contributed by atoms with Crippen molar-refractivity contribution in [1.82, 2.24) is 0 Å². The quantitative estimate of drug-likeness (QED) is 0.103. The first-order chi connectivity index (χ1) is 20.2. The highest BCUT2D eigenvalue weighted by atomic mass is 127. The zero-order chi connectivity index (χ0) is 27.3. The second-order valence-corrected chi connectivity index (χ2v) is 12.6. The van der Waals surface area contributed by atoms with Crippen molar-refractivity contribution in [2.24, 2.45) is 0 Å². The predicted molar refractivity (Wildman–Crippen MR) is 187 cm³/mol. The molecule has 1 unspecified atom stereocenters. The average Bonchev–Trinajstić information content (AvgIpc) is 3.03. The van der Waals surface area contributed by atoms with Gasteiger partial charge in [0.2, 0.25) is 0 Å². The standard InChI is InChI=1S/C40H27I/c41-36-23-34(22-35(24-36)40-25-33-9-3-4-10-37(33)38-11-5-6-12-39(38)40)32-18-17-30-20-29(15-16-31(30)21-32)28-14-13-26-7-1-2-8-27(26)19-28/h1-22,24-25,36H,23H2. The van der Waals surface area contributed by atoms with Crippen LogP contribution in [0.15, 0.2) is 146 Å². The molecule has 0 N–H and O–H groups in total. The number of rotatable bonds is 3. The summed E-state index contributed by atoms with van der Waals surface area (Å²) < 4.78 is 0.443. The Morgan fingerprint density at radius 2 is 1.00 bits per heavy atom. The van der Waals surface area contributed by atoms with Crippen LogP contribution in [0.3, 0.4) is 0 Å². The van der Waals surface area contributed by atoms with Crippen LogP contribution in [0, 0.1) is 0 Å². The number of benzene rings is 7. The summed E-state index contributed by atoms with van der Waals surface area (Å²) in [6.45, 7) is 0. The van der Waals surface area contributed by atoms with Crippen molar-refractivity contribution in [3.05, 3.63) is 157 Å². The summed E-state index contributed by atoms with van der Waals surface area (Å²) in [6, 6.07) is 49.1. The van der Waals surface area contributed by atoms with Gasteiger partial charge in [-0.1, -0.05) is 144 Å². The summed E-state index contributed by atoms with van der Waals surface area (Å²) >= 11 is 2.60. The van der Waals surface area contributed by atoms with Crippen LogP contribution in [0.5, 0.6) is 0 Å². The molecule has 0 aliphatic heterocycles. The van der Waals surface area contributed by atoms with Gasteiger partial charge in [0.25, 0.3) is 0 Å². The maximum atomic E-state index is 2.60. The SMILES string of the molecule is IC1C=C(c2cc3ccccc3c3ccccc23)C=C(c2ccc3cc(-c4ccc5ccccc5c4)ccc3c2)C1. The van der Waals surface area contributed by atoms with Gasteiger partial charge in [0.15, 0.2) is 0 Å². The zero-order valence-corrected chi connectivity index (χ0v) is 24.7. The Bertz CT molecular complexity index is 2200. The number of fused-ring (bicyclic) bond motifs is 5. The molecule has 0 amide bonds. The molecule has 7 aromatic rings. The largest absolute Gasteiger partial charge is 0.0777 e. The van der Waals surface area contributed by atoms with Crippen LogP contribution in [-0.4, -0.2) is 3.92 Å². The Labute approximate surface area is 253 Å². The minimum absolute atomic E-state index is 0.443. The number of hydrogen-bond donors (Lipinski definition) is 0. The lowest BCUT2D eigenvalue weighted by molar-refractivity contribution is 1.12. The molecule has 194 valence electrons. The summed E-state index contributed by atoms with van der Waals surface area (Å²) in [7, 11) is 0. The molecule has 0 heterocycles. The van der Waals surface area contributed by atoms with E-state index in [9.17, 15) is 0 Å². The van der Waals surface area contributed by atoms with E-state index in [1.807, 2.05) is 0 Å². The zero-order valence-electron chi connectivity index (χ0n) is 22.5. The van der Waals surface area contributed by atoms with Crippen molar-refractivity contribution in [2.45, 2.75) is 10.3 Å². The third-order valence-corrected chi connectivity index (χ3v) is 9.28. The Hall–Kier alpha value is -4.21. The maximum Gasteiger partial charge on any atom is 0.0338 e. The summed E-state index contributed by atoms with van der Waals surface area (Å²) in [5.74, 6) is 0. The highest BCUT2D eigenvalue weighted by molar-refractivity contribution is 14.1. The highest BCUT2D eigenvalue weighted by Crippen LogP contribution is 2.39. The monoisotopic (exact) mass is 634 g/mol. The smallest absolute Gasteiger partial charge is 0.0338 e. The molecule has 0 nitrogen and oxygen atoms in total. The summed E-state index contributed by atoms with van der Waals surface area (Å²) in [4.78, 5) is 0. The molecule has 0 bridgehead atoms. The van der Waals surface area contributed by atoms with Gasteiger partial charge in [-0.25, -0.2) is 0 Å². The summed E-state index contributed by atoms with van der Waals surface area (Å²) in [6.07, 6.45) is 5.91. The minimum atomic E-state index is 0.443. The Morgan fingerprint density at radius 3 is 1.76 bits per heavy atom. The van der Waals surface area contributed by atoms with Crippen LogP contribution in [0.4, 0.5) is 0 Å². The normalized spacial score (nSPS) is 15.4. The van der Waals surface area contributed by atoms with E-state index in [1.54, 1.807) is 0 Å². The third-order valence-electron chi connectivity index (χ3n) is 8.48. The lowest BCUT2D eigenvalue weighted by atomic mass is 9.86. The van der Waals surface area contributed by atoms with Crippen LogP contribution >= 0.6 is 22.6 Å². The van der Waals surface area contributed by atoms with Gasteiger partial charge in [0.1, 0.15) is 0 Å². The van der Waals surface area contributed by atoms with Gasteiger partial charge in [0.05, 0.1) is 0 Å². The number of hydrogen-bond acceptors (Lipinski definition) is 0. The molecule has 8 rings (SSSR count). The molecule has 0 saturated heterocycles. The van der Waals surface area contributed by atoms with Gasteiger partial charge in [-0.3, -0.25) is 0 Å². The number of allylic oxidation sites excluding steroid dienone is 4. The molecular weight excluding hydrogens is 607 g/mol. The Kier molecular flexibility index (Phi) is 6.00. The first-order valence-corrected chi connectivity index (χ1v) is 15.4. The fourth-order valence-corrected chi connectivity index (χ4v) is 7.28. The Morgan fingerprint density at radius 1 is 0.463 bits per heavy atom. The lowest BCUT2D eigenvalue weighted by Gasteiger charge is -2.21. The van der Waals surface area contributed by atoms with Gasteiger partial charge in [-0.15, -0.1) is 0 Å². The second-order valence-electron chi connectivity index (χ2n) is 11.0. The van der Waals surface area contributed by atoms with E-state index in [0.29, 0.717) is 3.92 Å². The first-order valence-electron chi connectivity index (χ1n) is 14.2. The number of halogens is 1. The second kappa shape index (κ2) is 10.0. The molecule has 1 atom stereocenters. The van der Waals surface area contributed by atoms with Crippen LogP contribution in [-0.2, 0) is 0 Å². The molecule has 1 aliphatic rings. The third kappa shape index (κ3) is 4.45. The fourth-order valence-electron chi connectivity index (χ4n) is 6.41. The van der Waals surface area contributed by atoms with Crippen LogP contribution in [0.25, 0.3) is 65.4 Å². The van der Waals surface area contributed by atoms with Crippen molar-refractivity contribution in [3.8, 4) is 11.1 Å². The van der Waals surface area contributed by atoms with Gasteiger partial charge < -0.3 is 0 Å². The molecule has 0 spiro atoms. The minimum Gasteiger partial charge on any atom is -0.0777 e. The van der Waals surface area contributed by atoms with Crippen molar-refractivity contribution in [1.29, 1.82) is 0 Å². The maximum absolute atomic E-state index is 2.60. The summed E-state index contributed by atoms with van der Waals surface area (Å²) in [5.41, 5.74) is 7.87. The van der Waals surface area contributed by atoms with E-state index < -0.39 is 0 Å².